The molecular formula is C19H16F2N2O3S. The second-order valence-electron chi connectivity index (χ2n) is 6.08. The van der Waals surface area contributed by atoms with Crippen LogP contribution in [0.3, 0.4) is 0 Å². The van der Waals surface area contributed by atoms with E-state index in [0.29, 0.717) is 21.6 Å². The van der Waals surface area contributed by atoms with E-state index >= 15 is 0 Å². The number of H-pyrrole nitrogens is 1. The minimum absolute atomic E-state index is 0.0650. The van der Waals surface area contributed by atoms with Crippen molar-refractivity contribution >= 4 is 33.7 Å². The molecule has 8 heteroatoms. The highest BCUT2D eigenvalue weighted by Crippen LogP contribution is 2.35. The van der Waals surface area contributed by atoms with Crippen LogP contribution in [-0.4, -0.2) is 23.7 Å². The normalized spacial score (nSPS) is 13.6. The van der Waals surface area contributed by atoms with E-state index in [1.165, 1.54) is 18.1 Å². The number of aromatic nitrogens is 2. The predicted octanol–water partition coefficient (Wildman–Crippen LogP) is 4.25. The number of alkyl halides is 2. The summed E-state index contributed by atoms with van der Waals surface area (Å²) in [6.07, 6.45) is 6.10. The Kier molecular flexibility index (Phi) is 4.65. The largest absolute Gasteiger partial charge is 0.493 e. The van der Waals surface area contributed by atoms with Crippen molar-refractivity contribution in [3.63, 3.8) is 0 Å². The van der Waals surface area contributed by atoms with Crippen molar-refractivity contribution in [1.82, 2.24) is 9.97 Å². The van der Waals surface area contributed by atoms with Crippen LogP contribution in [0.1, 0.15) is 28.2 Å². The van der Waals surface area contributed by atoms with Crippen LogP contribution in [0.4, 0.5) is 8.78 Å². The molecule has 0 bridgehead atoms. The second-order valence-corrected chi connectivity index (χ2v) is 7.16. The molecular weight excluding hydrogens is 374 g/mol. The van der Waals surface area contributed by atoms with Gasteiger partial charge in [0.25, 0.3) is 5.56 Å². The number of benzene rings is 1. The number of aryl methyl sites for hydroxylation is 2. The van der Waals surface area contributed by atoms with Gasteiger partial charge in [-0.2, -0.15) is 8.78 Å². The number of hydrogen-bond acceptors (Lipinski definition) is 5. The van der Waals surface area contributed by atoms with Crippen molar-refractivity contribution in [2.24, 2.45) is 0 Å². The van der Waals surface area contributed by atoms with E-state index in [4.69, 9.17) is 4.74 Å². The van der Waals surface area contributed by atoms with Crippen molar-refractivity contribution in [2.75, 3.05) is 7.11 Å². The lowest BCUT2D eigenvalue weighted by atomic mass is 10.1. The summed E-state index contributed by atoms with van der Waals surface area (Å²) in [7, 11) is 1.38. The summed E-state index contributed by atoms with van der Waals surface area (Å²) in [5.41, 5.74) is 1.33. The number of rotatable bonds is 5. The molecule has 2 heterocycles. The molecule has 0 aliphatic heterocycles. The van der Waals surface area contributed by atoms with Crippen LogP contribution in [0.25, 0.3) is 22.4 Å². The number of methoxy groups -OCH3 is 1. The van der Waals surface area contributed by atoms with Gasteiger partial charge in [0.2, 0.25) is 0 Å². The molecule has 0 spiro atoms. The van der Waals surface area contributed by atoms with Crippen LogP contribution in [0.15, 0.2) is 23.0 Å². The Balaban J connectivity index is 1.72. The molecule has 0 fully saturated rings. The number of para-hydroxylation sites is 1. The average molecular weight is 390 g/mol. The summed E-state index contributed by atoms with van der Waals surface area (Å²) in [5.74, 6) is 0.493. The summed E-state index contributed by atoms with van der Waals surface area (Å²) in [4.78, 5) is 21.7. The third-order valence-electron chi connectivity index (χ3n) is 4.45. The van der Waals surface area contributed by atoms with Gasteiger partial charge >= 0.3 is 6.61 Å². The maximum Gasteiger partial charge on any atom is 0.387 e. The summed E-state index contributed by atoms with van der Waals surface area (Å²) in [6, 6.07) is 4.82. The average Bonchev–Trinajstić information content (AvgIpc) is 3.20. The predicted molar refractivity (Wildman–Crippen MR) is 101 cm³/mol. The third-order valence-corrected chi connectivity index (χ3v) is 5.64. The van der Waals surface area contributed by atoms with E-state index in [0.717, 1.165) is 24.8 Å². The Hall–Kier alpha value is -2.74. The number of hydrogen-bond donors (Lipinski definition) is 1. The van der Waals surface area contributed by atoms with Gasteiger partial charge in [-0.05, 0) is 43.0 Å². The first-order valence-corrected chi connectivity index (χ1v) is 9.23. The van der Waals surface area contributed by atoms with Gasteiger partial charge in [-0.25, -0.2) is 4.98 Å². The molecule has 2 aromatic heterocycles. The molecule has 1 aliphatic carbocycles. The van der Waals surface area contributed by atoms with Crippen molar-refractivity contribution in [3.8, 4) is 11.5 Å². The molecule has 0 amide bonds. The number of fused-ring (bicyclic) bond motifs is 3. The van der Waals surface area contributed by atoms with Gasteiger partial charge in [0.15, 0.2) is 11.5 Å². The van der Waals surface area contributed by atoms with E-state index in [2.05, 4.69) is 14.7 Å². The SMILES string of the molecule is COc1cccc(/C=C/c2nc3sc4c(c3c(=O)[nH]2)CCC4)c1OC(F)F. The third kappa shape index (κ3) is 3.32. The number of aromatic amines is 1. The Morgan fingerprint density at radius 2 is 2.15 bits per heavy atom. The molecule has 5 nitrogen and oxygen atoms in total. The Labute approximate surface area is 157 Å². The van der Waals surface area contributed by atoms with Crippen molar-refractivity contribution in [2.45, 2.75) is 25.9 Å². The van der Waals surface area contributed by atoms with E-state index in [-0.39, 0.29) is 17.1 Å². The number of nitrogens with one attached hydrogen (secondary N) is 1. The van der Waals surface area contributed by atoms with Gasteiger partial charge in [-0.1, -0.05) is 12.1 Å². The van der Waals surface area contributed by atoms with Gasteiger partial charge in [0.1, 0.15) is 10.7 Å². The Morgan fingerprint density at radius 1 is 1.30 bits per heavy atom. The van der Waals surface area contributed by atoms with Gasteiger partial charge in [0, 0.05) is 10.4 Å². The smallest absolute Gasteiger partial charge is 0.387 e. The zero-order valence-corrected chi connectivity index (χ0v) is 15.2. The summed E-state index contributed by atoms with van der Waals surface area (Å²) < 4.78 is 35.1. The molecule has 4 rings (SSSR count). The molecule has 0 saturated heterocycles. The lowest BCUT2D eigenvalue weighted by Gasteiger charge is -2.12. The number of nitrogens with zero attached hydrogens (tertiary/aromatic N) is 1. The fourth-order valence-corrected chi connectivity index (χ4v) is 4.58. The van der Waals surface area contributed by atoms with Gasteiger partial charge < -0.3 is 14.5 Å². The highest BCUT2D eigenvalue weighted by atomic mass is 32.1. The maximum absolute atomic E-state index is 12.7. The number of ether oxygens (including phenoxy) is 2. The summed E-state index contributed by atoms with van der Waals surface area (Å²) >= 11 is 1.55. The highest BCUT2D eigenvalue weighted by Gasteiger charge is 2.21. The van der Waals surface area contributed by atoms with Gasteiger partial charge in [0.05, 0.1) is 12.5 Å². The zero-order valence-electron chi connectivity index (χ0n) is 14.4. The zero-order chi connectivity index (χ0) is 19.0. The van der Waals surface area contributed by atoms with Crippen molar-refractivity contribution in [3.05, 3.63) is 50.4 Å². The fourth-order valence-electron chi connectivity index (χ4n) is 3.31. The minimum atomic E-state index is -2.98. The van der Waals surface area contributed by atoms with Crippen LogP contribution in [-0.2, 0) is 12.8 Å². The van der Waals surface area contributed by atoms with Crippen LogP contribution in [0.2, 0.25) is 0 Å². The molecule has 3 aromatic rings. The van der Waals surface area contributed by atoms with Crippen LogP contribution < -0.4 is 15.0 Å². The summed E-state index contributed by atoms with van der Waals surface area (Å²) in [5, 5.41) is 0.674. The first kappa shape index (κ1) is 17.7. The molecule has 140 valence electrons. The maximum atomic E-state index is 12.7. The first-order chi connectivity index (χ1) is 13.1. The second kappa shape index (κ2) is 7.11. The molecule has 0 atom stereocenters. The van der Waals surface area contributed by atoms with Crippen molar-refractivity contribution in [1.29, 1.82) is 0 Å². The standard InChI is InChI=1S/C19H16F2N2O3S/c1-25-12-6-2-4-10(16(12)26-19(20)21)8-9-14-22-17(24)15-11-5-3-7-13(11)27-18(15)23-14/h2,4,6,8-9,19H,3,5,7H2,1H3,(H,22,23,24)/b9-8+. The molecule has 1 N–H and O–H groups in total. The highest BCUT2D eigenvalue weighted by molar-refractivity contribution is 7.18. The van der Waals surface area contributed by atoms with Crippen LogP contribution in [0, 0.1) is 0 Å². The Bertz CT molecular complexity index is 1090. The summed E-state index contributed by atoms with van der Waals surface area (Å²) in [6.45, 7) is -2.98. The molecule has 0 saturated carbocycles. The van der Waals surface area contributed by atoms with Crippen LogP contribution >= 0.6 is 11.3 Å². The lowest BCUT2D eigenvalue weighted by molar-refractivity contribution is -0.0513. The molecule has 1 aromatic carbocycles. The molecule has 0 unspecified atom stereocenters. The van der Waals surface area contributed by atoms with E-state index in [1.807, 2.05) is 0 Å². The van der Waals surface area contributed by atoms with Crippen molar-refractivity contribution < 1.29 is 18.3 Å². The monoisotopic (exact) mass is 390 g/mol. The topological polar surface area (TPSA) is 64.2 Å². The van der Waals surface area contributed by atoms with Crippen LogP contribution in [0.5, 0.6) is 11.5 Å². The first-order valence-electron chi connectivity index (χ1n) is 8.41. The number of halogens is 2. The minimum Gasteiger partial charge on any atom is -0.493 e. The fraction of sp³-hybridized carbons (Fsp3) is 0.263. The van der Waals surface area contributed by atoms with E-state index in [1.54, 1.807) is 35.6 Å². The quantitative estimate of drug-likeness (QED) is 0.707. The Morgan fingerprint density at radius 3 is 2.93 bits per heavy atom. The van der Waals surface area contributed by atoms with E-state index in [9.17, 15) is 13.6 Å². The number of thiophene rings is 1. The molecule has 1 aliphatic rings. The molecule has 0 radical (unpaired) electrons. The van der Waals surface area contributed by atoms with Gasteiger partial charge in [-0.15, -0.1) is 11.3 Å². The lowest BCUT2D eigenvalue weighted by Crippen LogP contribution is -2.09. The van der Waals surface area contributed by atoms with Gasteiger partial charge in [-0.3, -0.25) is 4.79 Å². The van der Waals surface area contributed by atoms with E-state index < -0.39 is 6.61 Å². The molecule has 27 heavy (non-hydrogen) atoms.